The standard InChI is InChI=1S/C19H15NO/c1-12-13(2)21-19-11-18-17(10-16(12)19)15(8-9-20-18)14-6-4-3-5-7-14/h3-11H,1-2H3. The summed E-state index contributed by atoms with van der Waals surface area (Å²) in [5.41, 5.74) is 5.51. The van der Waals surface area contributed by atoms with Crippen LogP contribution >= 0.6 is 0 Å². The van der Waals surface area contributed by atoms with Crippen LogP contribution in [0.4, 0.5) is 0 Å². The largest absolute Gasteiger partial charge is 0.461 e. The van der Waals surface area contributed by atoms with Crippen molar-refractivity contribution in [2.45, 2.75) is 13.8 Å². The normalized spacial score (nSPS) is 11.3. The van der Waals surface area contributed by atoms with Gasteiger partial charge < -0.3 is 4.42 Å². The summed E-state index contributed by atoms with van der Waals surface area (Å²) >= 11 is 0. The minimum absolute atomic E-state index is 0.912. The molecule has 0 fully saturated rings. The molecule has 2 heteroatoms. The predicted octanol–water partition coefficient (Wildman–Crippen LogP) is 5.26. The highest BCUT2D eigenvalue weighted by Crippen LogP contribution is 2.33. The van der Waals surface area contributed by atoms with Crippen LogP contribution in [0.2, 0.25) is 0 Å². The summed E-state index contributed by atoms with van der Waals surface area (Å²) in [7, 11) is 0. The lowest BCUT2D eigenvalue weighted by Gasteiger charge is -2.06. The molecule has 2 nitrogen and oxygen atoms in total. The Hall–Kier alpha value is -2.61. The van der Waals surface area contributed by atoms with E-state index in [1.807, 2.05) is 25.3 Å². The molecular weight excluding hydrogens is 258 g/mol. The van der Waals surface area contributed by atoms with Gasteiger partial charge in [0, 0.05) is 23.0 Å². The average molecular weight is 273 g/mol. The molecule has 0 saturated carbocycles. The van der Waals surface area contributed by atoms with Crippen LogP contribution in [0, 0.1) is 13.8 Å². The third-order valence-corrected chi connectivity index (χ3v) is 4.12. The van der Waals surface area contributed by atoms with Gasteiger partial charge in [-0.3, -0.25) is 4.98 Å². The first-order valence-corrected chi connectivity index (χ1v) is 7.08. The maximum Gasteiger partial charge on any atom is 0.136 e. The van der Waals surface area contributed by atoms with Gasteiger partial charge in [0.25, 0.3) is 0 Å². The van der Waals surface area contributed by atoms with Crippen molar-refractivity contribution in [3.63, 3.8) is 0 Å². The van der Waals surface area contributed by atoms with Crippen LogP contribution in [0.25, 0.3) is 33.0 Å². The van der Waals surface area contributed by atoms with Gasteiger partial charge in [-0.15, -0.1) is 0 Å². The number of rotatable bonds is 1. The zero-order chi connectivity index (χ0) is 14.4. The van der Waals surface area contributed by atoms with E-state index in [1.165, 1.54) is 27.5 Å². The molecule has 2 aromatic heterocycles. The molecule has 0 bridgehead atoms. The Morgan fingerprint density at radius 3 is 2.52 bits per heavy atom. The first-order valence-electron chi connectivity index (χ1n) is 7.08. The maximum absolute atomic E-state index is 5.81. The van der Waals surface area contributed by atoms with Gasteiger partial charge in [0.2, 0.25) is 0 Å². The fraction of sp³-hybridized carbons (Fsp3) is 0.105. The van der Waals surface area contributed by atoms with Crippen molar-refractivity contribution in [3.05, 3.63) is 66.1 Å². The summed E-state index contributed by atoms with van der Waals surface area (Å²) in [6.45, 7) is 4.11. The quantitative estimate of drug-likeness (QED) is 0.472. The molecule has 0 aliphatic heterocycles. The highest BCUT2D eigenvalue weighted by Gasteiger charge is 2.11. The van der Waals surface area contributed by atoms with Crippen LogP contribution in [0.5, 0.6) is 0 Å². The van der Waals surface area contributed by atoms with Crippen LogP contribution in [0.1, 0.15) is 11.3 Å². The summed E-state index contributed by atoms with van der Waals surface area (Å²) in [4.78, 5) is 4.50. The Bertz CT molecular complexity index is 952. The summed E-state index contributed by atoms with van der Waals surface area (Å²) < 4.78 is 5.81. The predicted molar refractivity (Wildman–Crippen MR) is 86.4 cm³/mol. The molecule has 102 valence electrons. The SMILES string of the molecule is Cc1oc2cc3nccc(-c4ccccc4)c3cc2c1C. The highest BCUT2D eigenvalue weighted by molar-refractivity contribution is 6.02. The number of fused-ring (bicyclic) bond motifs is 2. The van der Waals surface area contributed by atoms with E-state index in [9.17, 15) is 0 Å². The molecule has 2 aromatic carbocycles. The van der Waals surface area contributed by atoms with Gasteiger partial charge in [0.1, 0.15) is 11.3 Å². The smallest absolute Gasteiger partial charge is 0.136 e. The molecule has 0 saturated heterocycles. The topological polar surface area (TPSA) is 26.0 Å². The number of furan rings is 1. The van der Waals surface area contributed by atoms with E-state index >= 15 is 0 Å². The van der Waals surface area contributed by atoms with Crippen molar-refractivity contribution in [2.24, 2.45) is 0 Å². The fourth-order valence-corrected chi connectivity index (χ4v) is 2.85. The molecule has 2 heterocycles. The zero-order valence-electron chi connectivity index (χ0n) is 12.1. The van der Waals surface area contributed by atoms with Gasteiger partial charge >= 0.3 is 0 Å². The zero-order valence-corrected chi connectivity index (χ0v) is 12.1. The second-order valence-corrected chi connectivity index (χ2v) is 5.37. The number of hydrogen-bond acceptors (Lipinski definition) is 2. The third kappa shape index (κ3) is 1.83. The number of nitrogens with zero attached hydrogens (tertiary/aromatic N) is 1. The Kier molecular flexibility index (Phi) is 2.58. The molecule has 0 amide bonds. The maximum atomic E-state index is 5.81. The molecule has 21 heavy (non-hydrogen) atoms. The van der Waals surface area contributed by atoms with Crippen LogP contribution in [-0.4, -0.2) is 4.98 Å². The molecule has 0 unspecified atom stereocenters. The van der Waals surface area contributed by atoms with Crippen LogP contribution < -0.4 is 0 Å². The van der Waals surface area contributed by atoms with Crippen molar-refractivity contribution in [3.8, 4) is 11.1 Å². The van der Waals surface area contributed by atoms with Crippen molar-refractivity contribution >= 4 is 21.9 Å². The lowest BCUT2D eigenvalue weighted by molar-refractivity contribution is 0.575. The molecule has 0 spiro atoms. The van der Waals surface area contributed by atoms with Gasteiger partial charge in [0.15, 0.2) is 0 Å². The Balaban J connectivity index is 2.11. The fourth-order valence-electron chi connectivity index (χ4n) is 2.85. The van der Waals surface area contributed by atoms with Crippen molar-refractivity contribution in [2.75, 3.05) is 0 Å². The minimum Gasteiger partial charge on any atom is -0.461 e. The number of aromatic nitrogens is 1. The molecule has 4 aromatic rings. The monoisotopic (exact) mass is 273 g/mol. The summed E-state index contributed by atoms with van der Waals surface area (Å²) in [6.07, 6.45) is 1.86. The highest BCUT2D eigenvalue weighted by atomic mass is 16.3. The van der Waals surface area contributed by atoms with E-state index in [0.717, 1.165) is 16.9 Å². The molecule has 0 aliphatic rings. The second kappa shape index (κ2) is 4.45. The first-order chi connectivity index (χ1) is 10.2. The van der Waals surface area contributed by atoms with Gasteiger partial charge in [-0.25, -0.2) is 0 Å². The minimum atomic E-state index is 0.912. The van der Waals surface area contributed by atoms with E-state index in [4.69, 9.17) is 4.42 Å². The average Bonchev–Trinajstić information content (AvgIpc) is 2.80. The molecular formula is C19H15NO. The molecule has 4 rings (SSSR count). The van der Waals surface area contributed by atoms with Gasteiger partial charge in [-0.2, -0.15) is 0 Å². The number of hydrogen-bond donors (Lipinski definition) is 0. The second-order valence-electron chi connectivity index (χ2n) is 5.37. The van der Waals surface area contributed by atoms with Crippen molar-refractivity contribution in [1.29, 1.82) is 0 Å². The van der Waals surface area contributed by atoms with Crippen molar-refractivity contribution in [1.82, 2.24) is 4.98 Å². The summed E-state index contributed by atoms with van der Waals surface area (Å²) in [6, 6.07) is 16.7. The van der Waals surface area contributed by atoms with Crippen LogP contribution in [0.3, 0.4) is 0 Å². The van der Waals surface area contributed by atoms with E-state index < -0.39 is 0 Å². The van der Waals surface area contributed by atoms with E-state index in [2.05, 4.69) is 48.3 Å². The van der Waals surface area contributed by atoms with Crippen LogP contribution in [0.15, 0.2) is 59.1 Å². The Morgan fingerprint density at radius 2 is 1.71 bits per heavy atom. The van der Waals surface area contributed by atoms with E-state index in [-0.39, 0.29) is 0 Å². The summed E-state index contributed by atoms with van der Waals surface area (Å²) in [5.74, 6) is 0.974. The Labute approximate surface area is 123 Å². The molecule has 0 atom stereocenters. The number of pyridine rings is 1. The Morgan fingerprint density at radius 1 is 0.905 bits per heavy atom. The lowest BCUT2D eigenvalue weighted by Crippen LogP contribution is -1.84. The molecule has 0 N–H and O–H groups in total. The molecule has 0 radical (unpaired) electrons. The molecule has 0 aliphatic carbocycles. The van der Waals surface area contributed by atoms with Crippen LogP contribution in [-0.2, 0) is 0 Å². The summed E-state index contributed by atoms with van der Waals surface area (Å²) in [5, 5.41) is 2.34. The third-order valence-electron chi connectivity index (χ3n) is 4.12. The van der Waals surface area contributed by atoms with Gasteiger partial charge in [-0.1, -0.05) is 30.3 Å². The number of benzene rings is 2. The van der Waals surface area contributed by atoms with E-state index in [0.29, 0.717) is 0 Å². The van der Waals surface area contributed by atoms with Crippen molar-refractivity contribution < 1.29 is 4.42 Å². The van der Waals surface area contributed by atoms with E-state index in [1.54, 1.807) is 0 Å². The van der Waals surface area contributed by atoms with Gasteiger partial charge in [0.05, 0.1) is 5.52 Å². The first kappa shape index (κ1) is 12.2. The van der Waals surface area contributed by atoms with Gasteiger partial charge in [-0.05, 0) is 42.7 Å². The number of aryl methyl sites for hydroxylation is 2. The lowest BCUT2D eigenvalue weighted by atomic mass is 9.99.